The molecule has 3 N–H and O–H groups in total. The summed E-state index contributed by atoms with van der Waals surface area (Å²) in [4.78, 5) is 21.1. The average Bonchev–Trinajstić information content (AvgIpc) is 2.58. The Labute approximate surface area is 142 Å². The number of benzene rings is 2. The molecule has 2 rings (SSSR count). The van der Waals surface area contributed by atoms with Crippen molar-refractivity contribution in [1.29, 1.82) is 0 Å². The Bertz CT molecular complexity index is 864. The van der Waals surface area contributed by atoms with Gasteiger partial charge in [-0.25, -0.2) is 0 Å². The minimum absolute atomic E-state index is 0.00949. The van der Waals surface area contributed by atoms with Gasteiger partial charge in [0.25, 0.3) is 11.4 Å². The van der Waals surface area contributed by atoms with Gasteiger partial charge in [-0.3, -0.25) is 20.2 Å². The van der Waals surface area contributed by atoms with E-state index in [1.165, 1.54) is 30.3 Å². The molecule has 9 nitrogen and oxygen atoms in total. The van der Waals surface area contributed by atoms with Crippen LogP contribution >= 0.6 is 0 Å². The highest BCUT2D eigenvalue weighted by Gasteiger charge is 2.20. The average molecular weight is 344 g/mol. The smallest absolute Gasteiger partial charge is 0.272 e. The van der Waals surface area contributed by atoms with E-state index in [0.29, 0.717) is 23.1 Å². The lowest BCUT2D eigenvalue weighted by Gasteiger charge is -2.11. The van der Waals surface area contributed by atoms with E-state index in [-0.39, 0.29) is 29.2 Å². The van der Waals surface area contributed by atoms with Crippen molar-refractivity contribution in [3.63, 3.8) is 0 Å². The predicted molar refractivity (Wildman–Crippen MR) is 91.1 cm³/mol. The predicted octanol–water partition coefficient (Wildman–Crippen LogP) is 2.54. The summed E-state index contributed by atoms with van der Waals surface area (Å²) in [5, 5.41) is 34.9. The normalized spacial score (nSPS) is 11.4. The van der Waals surface area contributed by atoms with Gasteiger partial charge in [-0.05, 0) is 25.5 Å². The van der Waals surface area contributed by atoms with Crippen molar-refractivity contribution in [3.8, 4) is 0 Å². The summed E-state index contributed by atoms with van der Waals surface area (Å²) in [6.07, 6.45) is 0.403. The van der Waals surface area contributed by atoms with Crippen LogP contribution in [0.5, 0.6) is 0 Å². The highest BCUT2D eigenvalue weighted by atomic mass is 16.6. The lowest BCUT2D eigenvalue weighted by molar-refractivity contribution is -0.385. The molecule has 0 saturated carbocycles. The third-order valence-electron chi connectivity index (χ3n) is 3.75. The maximum atomic E-state index is 11.1. The molecule has 0 saturated heterocycles. The van der Waals surface area contributed by atoms with E-state index in [4.69, 9.17) is 5.73 Å². The number of oxime groups is 1. The van der Waals surface area contributed by atoms with Gasteiger partial charge >= 0.3 is 0 Å². The second kappa shape index (κ2) is 7.49. The molecule has 0 aliphatic carbocycles. The number of nitro benzene ring substituents is 2. The van der Waals surface area contributed by atoms with Crippen LogP contribution in [-0.4, -0.2) is 27.3 Å². The fourth-order valence-electron chi connectivity index (χ4n) is 2.49. The van der Waals surface area contributed by atoms with Crippen LogP contribution in [0.15, 0.2) is 41.6 Å². The quantitative estimate of drug-likeness (QED) is 0.356. The first-order valence-electron chi connectivity index (χ1n) is 7.34. The van der Waals surface area contributed by atoms with Crippen LogP contribution in [0.1, 0.15) is 22.3 Å². The molecular formula is C16H16N4O5. The van der Waals surface area contributed by atoms with E-state index in [1.807, 2.05) is 0 Å². The topological polar surface area (TPSA) is 145 Å². The molecule has 0 amide bonds. The van der Waals surface area contributed by atoms with Crippen LogP contribution in [0.4, 0.5) is 11.4 Å². The van der Waals surface area contributed by atoms with Crippen LogP contribution in [-0.2, 0) is 6.42 Å². The summed E-state index contributed by atoms with van der Waals surface area (Å²) in [6, 6.07) is 8.50. The monoisotopic (exact) mass is 344 g/mol. The molecule has 0 atom stereocenters. The van der Waals surface area contributed by atoms with Crippen LogP contribution in [0.2, 0.25) is 0 Å². The second-order valence-electron chi connectivity index (χ2n) is 5.34. The summed E-state index contributed by atoms with van der Waals surface area (Å²) < 4.78 is 0. The first-order chi connectivity index (χ1) is 11.9. The summed E-state index contributed by atoms with van der Waals surface area (Å²) in [5.41, 5.74) is 6.93. The molecule has 0 unspecified atom stereocenters. The molecule has 0 aliphatic heterocycles. The maximum absolute atomic E-state index is 11.1. The zero-order valence-corrected chi connectivity index (χ0v) is 13.4. The third kappa shape index (κ3) is 3.78. The van der Waals surface area contributed by atoms with Crippen molar-refractivity contribution in [2.75, 3.05) is 6.54 Å². The molecule has 0 bridgehead atoms. The lowest BCUT2D eigenvalue weighted by atomic mass is 9.94. The van der Waals surface area contributed by atoms with Gasteiger partial charge in [-0.2, -0.15) is 0 Å². The fourth-order valence-corrected chi connectivity index (χ4v) is 2.49. The Balaban J connectivity index is 2.65. The Morgan fingerprint density at radius 3 is 2.44 bits per heavy atom. The molecule has 25 heavy (non-hydrogen) atoms. The molecule has 0 aromatic heterocycles. The summed E-state index contributed by atoms with van der Waals surface area (Å²) in [6.45, 7) is 1.88. The SMILES string of the molecule is Cc1ccc(/C(=N/O)c2cc([N+](=O)[O-])ccc2CCN)cc1[N+](=O)[O-]. The summed E-state index contributed by atoms with van der Waals surface area (Å²) >= 11 is 0. The van der Waals surface area contributed by atoms with Crippen molar-refractivity contribution in [2.24, 2.45) is 10.9 Å². The van der Waals surface area contributed by atoms with Crippen molar-refractivity contribution in [3.05, 3.63) is 78.9 Å². The summed E-state index contributed by atoms with van der Waals surface area (Å²) in [7, 11) is 0. The molecular weight excluding hydrogens is 328 g/mol. The number of hydrogen-bond acceptors (Lipinski definition) is 7. The van der Waals surface area contributed by atoms with E-state index in [1.54, 1.807) is 13.0 Å². The van der Waals surface area contributed by atoms with Crippen molar-refractivity contribution >= 4 is 17.1 Å². The minimum Gasteiger partial charge on any atom is -0.410 e. The second-order valence-corrected chi connectivity index (χ2v) is 5.34. The molecule has 130 valence electrons. The first-order valence-corrected chi connectivity index (χ1v) is 7.34. The number of non-ortho nitro benzene ring substituents is 1. The number of nitrogens with zero attached hydrogens (tertiary/aromatic N) is 3. The van der Waals surface area contributed by atoms with Gasteiger partial charge in [0.1, 0.15) is 5.71 Å². The van der Waals surface area contributed by atoms with Gasteiger partial charge < -0.3 is 10.9 Å². The third-order valence-corrected chi connectivity index (χ3v) is 3.75. The van der Waals surface area contributed by atoms with E-state index in [0.717, 1.165) is 0 Å². The Morgan fingerprint density at radius 1 is 1.16 bits per heavy atom. The zero-order valence-electron chi connectivity index (χ0n) is 13.4. The molecule has 9 heteroatoms. The van der Waals surface area contributed by atoms with Crippen LogP contribution in [0, 0.1) is 27.2 Å². The Hall–Kier alpha value is -3.33. The first kappa shape index (κ1) is 18.0. The lowest BCUT2D eigenvalue weighted by Crippen LogP contribution is -2.12. The number of hydrogen-bond donors (Lipinski definition) is 2. The van der Waals surface area contributed by atoms with Gasteiger partial charge in [0.05, 0.1) is 9.85 Å². The standard InChI is InChI=1S/C16H16N4O5/c1-10-2-3-12(8-15(10)20(24)25)16(18-21)14-9-13(19(22)23)5-4-11(14)6-7-17/h2-5,8-9,21H,6-7,17H2,1H3/b18-16-. The van der Waals surface area contributed by atoms with Gasteiger partial charge in [0.15, 0.2) is 0 Å². The zero-order chi connectivity index (χ0) is 18.6. The Kier molecular flexibility index (Phi) is 5.40. The number of nitrogens with two attached hydrogens (primary N) is 1. The fraction of sp³-hybridized carbons (Fsp3) is 0.188. The molecule has 0 heterocycles. The number of rotatable bonds is 6. The molecule has 0 spiro atoms. The molecule has 0 fully saturated rings. The van der Waals surface area contributed by atoms with Crippen molar-refractivity contribution < 1.29 is 15.1 Å². The number of nitro groups is 2. The number of aryl methyl sites for hydroxylation is 1. The van der Waals surface area contributed by atoms with Crippen LogP contribution < -0.4 is 5.73 Å². The van der Waals surface area contributed by atoms with E-state index < -0.39 is 9.85 Å². The largest absolute Gasteiger partial charge is 0.410 e. The van der Waals surface area contributed by atoms with Crippen molar-refractivity contribution in [1.82, 2.24) is 0 Å². The van der Waals surface area contributed by atoms with E-state index in [2.05, 4.69) is 5.16 Å². The maximum Gasteiger partial charge on any atom is 0.272 e. The van der Waals surface area contributed by atoms with Crippen LogP contribution in [0.3, 0.4) is 0 Å². The van der Waals surface area contributed by atoms with Crippen LogP contribution in [0.25, 0.3) is 0 Å². The molecule has 2 aromatic rings. The van der Waals surface area contributed by atoms with Gasteiger partial charge in [-0.15, -0.1) is 0 Å². The molecule has 0 aliphatic rings. The van der Waals surface area contributed by atoms with E-state index in [9.17, 15) is 25.4 Å². The highest BCUT2D eigenvalue weighted by molar-refractivity contribution is 6.14. The molecule has 0 radical (unpaired) electrons. The van der Waals surface area contributed by atoms with E-state index >= 15 is 0 Å². The van der Waals surface area contributed by atoms with Gasteiger partial charge in [0, 0.05) is 34.9 Å². The van der Waals surface area contributed by atoms with Crippen molar-refractivity contribution in [2.45, 2.75) is 13.3 Å². The van der Waals surface area contributed by atoms with Gasteiger partial charge in [-0.1, -0.05) is 23.4 Å². The molecule has 2 aromatic carbocycles. The summed E-state index contributed by atoms with van der Waals surface area (Å²) in [5.74, 6) is 0. The minimum atomic E-state index is -0.567. The highest BCUT2D eigenvalue weighted by Crippen LogP contribution is 2.25. The van der Waals surface area contributed by atoms with Gasteiger partial charge in [0.2, 0.25) is 0 Å². The Morgan fingerprint density at radius 2 is 1.88 bits per heavy atom.